The first kappa shape index (κ1) is 42.3. The Labute approximate surface area is 344 Å². The lowest BCUT2D eigenvalue weighted by Gasteiger charge is -2.30. The van der Waals surface area contributed by atoms with E-state index in [0.29, 0.717) is 78.4 Å². The van der Waals surface area contributed by atoms with Crippen LogP contribution in [0.1, 0.15) is 76.7 Å². The van der Waals surface area contributed by atoms with Crippen molar-refractivity contribution in [1.82, 2.24) is 0 Å². The number of thioether (sulfide) groups is 2. The number of fused-ring (bicyclic) bond motifs is 1. The van der Waals surface area contributed by atoms with Crippen molar-refractivity contribution in [3.8, 4) is 5.75 Å². The summed E-state index contributed by atoms with van der Waals surface area (Å²) in [6.45, 7) is 4.05. The van der Waals surface area contributed by atoms with Gasteiger partial charge in [-0.15, -0.1) is 11.6 Å². The summed E-state index contributed by atoms with van der Waals surface area (Å²) in [5.41, 5.74) is 1.49. The van der Waals surface area contributed by atoms with E-state index >= 15 is 0 Å². The number of aryl methyl sites for hydroxylation is 1. The van der Waals surface area contributed by atoms with E-state index in [-0.39, 0.29) is 91.1 Å². The molecule has 2 saturated carbocycles. The number of alkyl halides is 1. The second-order valence-electron chi connectivity index (χ2n) is 14.1. The maximum absolute atomic E-state index is 13.8. The molecule has 2 aromatic rings. The molecule has 16 heteroatoms. The highest BCUT2D eigenvalue weighted by Crippen LogP contribution is 2.57. The van der Waals surface area contributed by atoms with Gasteiger partial charge in [-0.1, -0.05) is 47.8 Å². The number of hydrogen-bond donors (Lipinski definition) is 0. The molecule has 1 amide bonds. The zero-order valence-electron chi connectivity index (χ0n) is 31.8. The number of nitrogens with zero attached hydrogens (tertiary/aromatic N) is 2. The fourth-order valence-corrected chi connectivity index (χ4v) is 9.95. The molecule has 0 aromatic heterocycles. The van der Waals surface area contributed by atoms with Crippen molar-refractivity contribution in [3.63, 3.8) is 0 Å². The van der Waals surface area contributed by atoms with E-state index in [1.807, 2.05) is 19.1 Å². The maximum Gasteiger partial charge on any atom is 0.359 e. The number of ether oxygens (including phenoxy) is 5. The highest BCUT2D eigenvalue weighted by atomic mass is 35.5. The summed E-state index contributed by atoms with van der Waals surface area (Å²) >= 11 is 8.10. The molecule has 4 aliphatic rings. The van der Waals surface area contributed by atoms with Gasteiger partial charge in [0.25, 0.3) is 5.91 Å². The standard InChI is InChI=1S/C41H45ClN2O11S2/c1-3-51-40(50)33-32(36(46)44(43-33)28-8-5-4-6-9-28)41-56-34-24(2)10-19-30(35(34)57-41)55-39(49)27-15-17-29(18-16-27)54-38(48)26-13-11-25(12-14-26)37(47)53-23-7-22-52-31(45)20-21-42/h4-6,8-10,19,25-27,29H,3,7,11-18,20-23H2,1-2H3/b41-32+. The second kappa shape index (κ2) is 19.9. The third kappa shape index (κ3) is 10.4. The molecule has 2 heterocycles. The molecule has 0 spiro atoms. The molecule has 0 unspecified atom stereocenters. The first-order chi connectivity index (χ1) is 27.6. The predicted molar refractivity (Wildman–Crippen MR) is 213 cm³/mol. The summed E-state index contributed by atoms with van der Waals surface area (Å²) in [6, 6.07) is 12.4. The Morgan fingerprint density at radius 1 is 0.789 bits per heavy atom. The van der Waals surface area contributed by atoms with Crippen LogP contribution in [0.5, 0.6) is 5.75 Å². The summed E-state index contributed by atoms with van der Waals surface area (Å²) in [5, 5.41) is 5.57. The lowest BCUT2D eigenvalue weighted by molar-refractivity contribution is -0.161. The molecule has 0 bridgehead atoms. The van der Waals surface area contributed by atoms with Crippen LogP contribution in [0.15, 0.2) is 67.2 Å². The van der Waals surface area contributed by atoms with Crippen LogP contribution in [0, 0.1) is 24.7 Å². The zero-order chi connectivity index (χ0) is 40.5. The Balaban J connectivity index is 0.986. The summed E-state index contributed by atoms with van der Waals surface area (Å²) in [5.74, 6) is -2.89. The van der Waals surface area contributed by atoms with Crippen molar-refractivity contribution in [2.24, 2.45) is 22.9 Å². The largest absolute Gasteiger partial charge is 0.466 e. The van der Waals surface area contributed by atoms with Crippen LogP contribution in [0.2, 0.25) is 0 Å². The SMILES string of the molecule is CCOC(=O)C1=NN(c2ccccc2)C(=O)/C1=C1\Sc2c(C)ccc(OC(=O)C3CCC(OC(=O)C4CCC(C(=O)OCCCOC(=O)CCCl)CC4)CC3)c2S1. The number of benzene rings is 2. The van der Waals surface area contributed by atoms with Gasteiger partial charge < -0.3 is 23.7 Å². The molecule has 2 aromatic carbocycles. The summed E-state index contributed by atoms with van der Waals surface area (Å²) in [7, 11) is 0. The molecule has 0 atom stereocenters. The number of anilines is 1. The molecule has 0 saturated heterocycles. The van der Waals surface area contributed by atoms with Gasteiger partial charge in [-0.3, -0.25) is 24.0 Å². The van der Waals surface area contributed by atoms with Crippen LogP contribution in [0.4, 0.5) is 5.69 Å². The normalized spacial score (nSPS) is 23.0. The quantitative estimate of drug-likeness (QED) is 0.0466. The molecule has 2 aliphatic carbocycles. The zero-order valence-corrected chi connectivity index (χ0v) is 34.2. The van der Waals surface area contributed by atoms with E-state index in [9.17, 15) is 28.8 Å². The molecule has 0 radical (unpaired) electrons. The number of hydrogen-bond acceptors (Lipinski definition) is 14. The topological polar surface area (TPSA) is 164 Å². The molecule has 57 heavy (non-hydrogen) atoms. The van der Waals surface area contributed by atoms with Crippen LogP contribution in [-0.4, -0.2) is 73.3 Å². The first-order valence-electron chi connectivity index (χ1n) is 19.3. The highest BCUT2D eigenvalue weighted by molar-refractivity contribution is 8.24. The number of halogens is 1. The Hall–Kier alpha value is -4.34. The second-order valence-corrected chi connectivity index (χ2v) is 16.8. The molecule has 6 rings (SSSR count). The number of para-hydroxylation sites is 1. The van der Waals surface area contributed by atoms with Crippen molar-refractivity contribution >= 4 is 82.3 Å². The van der Waals surface area contributed by atoms with Crippen LogP contribution < -0.4 is 9.75 Å². The van der Waals surface area contributed by atoms with Gasteiger partial charge >= 0.3 is 29.8 Å². The Morgan fingerprint density at radius 3 is 2.11 bits per heavy atom. The van der Waals surface area contributed by atoms with Gasteiger partial charge in [0, 0.05) is 17.2 Å². The Bertz CT molecular complexity index is 1920. The molecule has 13 nitrogen and oxygen atoms in total. The monoisotopic (exact) mass is 840 g/mol. The number of carbonyl (C=O) groups excluding carboxylic acids is 6. The van der Waals surface area contributed by atoms with Gasteiger partial charge in [-0.2, -0.15) is 10.1 Å². The molecular weight excluding hydrogens is 796 g/mol. The molecule has 2 fully saturated rings. The minimum absolute atomic E-state index is 0.0804. The third-order valence-electron chi connectivity index (χ3n) is 10.2. The number of carbonyl (C=O) groups is 6. The highest BCUT2D eigenvalue weighted by Gasteiger charge is 2.42. The maximum atomic E-state index is 13.8. The van der Waals surface area contributed by atoms with Crippen molar-refractivity contribution in [2.45, 2.75) is 94.0 Å². The fraction of sp³-hybridized carbons (Fsp3) is 0.488. The lowest BCUT2D eigenvalue weighted by Crippen LogP contribution is -2.33. The van der Waals surface area contributed by atoms with Crippen molar-refractivity contribution < 1.29 is 52.5 Å². The predicted octanol–water partition coefficient (Wildman–Crippen LogP) is 7.29. The van der Waals surface area contributed by atoms with Gasteiger partial charge in [0.15, 0.2) is 5.71 Å². The lowest BCUT2D eigenvalue weighted by atomic mass is 9.82. The van der Waals surface area contributed by atoms with Crippen LogP contribution >= 0.6 is 35.1 Å². The van der Waals surface area contributed by atoms with Crippen LogP contribution in [0.25, 0.3) is 0 Å². The Morgan fingerprint density at radius 2 is 1.42 bits per heavy atom. The van der Waals surface area contributed by atoms with E-state index in [2.05, 4.69) is 5.10 Å². The first-order valence-corrected chi connectivity index (χ1v) is 21.4. The van der Waals surface area contributed by atoms with E-state index in [0.717, 1.165) is 10.5 Å². The number of amides is 1. The van der Waals surface area contributed by atoms with Crippen molar-refractivity contribution in [1.29, 1.82) is 0 Å². The van der Waals surface area contributed by atoms with Gasteiger partial charge in [-0.25, -0.2) is 4.79 Å². The summed E-state index contributed by atoms with van der Waals surface area (Å²) in [4.78, 5) is 78.8. The number of rotatable bonds is 14. The minimum atomic E-state index is -0.701. The third-order valence-corrected chi connectivity index (χ3v) is 13.1. The molecular formula is C41H45ClN2O11S2. The summed E-state index contributed by atoms with van der Waals surface area (Å²) in [6.07, 6.45) is 4.40. The average Bonchev–Trinajstić information content (AvgIpc) is 3.82. The van der Waals surface area contributed by atoms with Crippen LogP contribution in [0.3, 0.4) is 0 Å². The van der Waals surface area contributed by atoms with Crippen molar-refractivity contribution in [3.05, 3.63) is 57.8 Å². The van der Waals surface area contributed by atoms with E-state index < -0.39 is 11.9 Å². The van der Waals surface area contributed by atoms with E-state index in [1.54, 1.807) is 37.3 Å². The minimum Gasteiger partial charge on any atom is -0.466 e. The smallest absolute Gasteiger partial charge is 0.359 e. The van der Waals surface area contributed by atoms with E-state index in [1.165, 1.54) is 28.5 Å². The summed E-state index contributed by atoms with van der Waals surface area (Å²) < 4.78 is 28.0. The van der Waals surface area contributed by atoms with Gasteiger partial charge in [-0.05, 0) is 89.0 Å². The van der Waals surface area contributed by atoms with Gasteiger partial charge in [0.2, 0.25) is 0 Å². The number of hydrazone groups is 1. The Kier molecular flexibility index (Phi) is 14.7. The fourth-order valence-electron chi connectivity index (χ4n) is 7.05. The molecule has 0 N–H and O–H groups in total. The molecule has 304 valence electrons. The van der Waals surface area contributed by atoms with Gasteiger partial charge in [0.05, 0.1) is 64.4 Å². The average molecular weight is 841 g/mol. The van der Waals surface area contributed by atoms with Crippen molar-refractivity contribution in [2.75, 3.05) is 30.7 Å². The molecule has 2 aliphatic heterocycles. The van der Waals surface area contributed by atoms with Crippen LogP contribution in [-0.2, 0) is 47.7 Å². The van der Waals surface area contributed by atoms with E-state index in [4.69, 9.17) is 35.3 Å². The van der Waals surface area contributed by atoms with Gasteiger partial charge in [0.1, 0.15) is 11.9 Å². The number of esters is 5.